The molecule has 128 valence electrons. The second-order valence-electron chi connectivity index (χ2n) is 5.93. The molecule has 0 saturated heterocycles. The monoisotopic (exact) mass is 345 g/mol. The number of nitrogens with one attached hydrogen (secondary N) is 1. The van der Waals surface area contributed by atoms with Crippen LogP contribution < -0.4 is 5.32 Å². The molecule has 24 heavy (non-hydrogen) atoms. The summed E-state index contributed by atoms with van der Waals surface area (Å²) in [4.78, 5) is 26.2. The molecule has 0 radical (unpaired) electrons. The van der Waals surface area contributed by atoms with Crippen LogP contribution in [0.25, 0.3) is 0 Å². The van der Waals surface area contributed by atoms with Crippen LogP contribution >= 0.6 is 11.3 Å². The Bertz CT molecular complexity index is 764. The first kappa shape index (κ1) is 18.2. The third-order valence-electron chi connectivity index (χ3n) is 3.84. The van der Waals surface area contributed by atoms with Gasteiger partial charge in [0.15, 0.2) is 6.10 Å². The topological polar surface area (TPSA) is 55.4 Å². The van der Waals surface area contributed by atoms with Gasteiger partial charge in [-0.05, 0) is 57.4 Å². The van der Waals surface area contributed by atoms with Crippen molar-refractivity contribution in [2.24, 2.45) is 0 Å². The Morgan fingerprint density at radius 3 is 2.46 bits per heavy atom. The molecule has 0 bridgehead atoms. The summed E-state index contributed by atoms with van der Waals surface area (Å²) in [6.45, 7) is 9.53. The number of amides is 1. The number of ether oxygens (including phenoxy) is 1. The second kappa shape index (κ2) is 7.62. The molecule has 1 N–H and O–H groups in total. The standard InChI is InChI=1S/C19H23NO3S/c1-6-16-13(4)10-17(24-16)19(22)23-14(5)18(21)20-15-8-7-11(2)9-12(15)3/h7-10,14H,6H2,1-5H3,(H,20,21)/t14-/m0/s1. The van der Waals surface area contributed by atoms with Crippen molar-refractivity contribution in [3.05, 3.63) is 50.7 Å². The fraction of sp³-hybridized carbons (Fsp3) is 0.368. The number of benzene rings is 1. The van der Waals surface area contributed by atoms with E-state index in [1.807, 2.05) is 52.0 Å². The Kier molecular flexibility index (Phi) is 5.78. The molecule has 1 aromatic carbocycles. The first-order chi connectivity index (χ1) is 11.3. The van der Waals surface area contributed by atoms with E-state index in [4.69, 9.17) is 4.74 Å². The Labute approximate surface area is 146 Å². The highest BCUT2D eigenvalue weighted by Crippen LogP contribution is 2.23. The summed E-state index contributed by atoms with van der Waals surface area (Å²) in [5, 5.41) is 2.81. The number of carbonyl (C=O) groups excluding carboxylic acids is 2. The van der Waals surface area contributed by atoms with E-state index in [1.165, 1.54) is 11.3 Å². The van der Waals surface area contributed by atoms with Gasteiger partial charge in [0.25, 0.3) is 5.91 Å². The van der Waals surface area contributed by atoms with Gasteiger partial charge in [0.05, 0.1) is 0 Å². The van der Waals surface area contributed by atoms with Gasteiger partial charge < -0.3 is 10.1 Å². The summed E-state index contributed by atoms with van der Waals surface area (Å²) in [7, 11) is 0. The van der Waals surface area contributed by atoms with Crippen LogP contribution in [0.3, 0.4) is 0 Å². The Hall–Kier alpha value is -2.14. The number of aryl methyl sites for hydroxylation is 4. The van der Waals surface area contributed by atoms with E-state index in [1.54, 1.807) is 6.92 Å². The highest BCUT2D eigenvalue weighted by molar-refractivity contribution is 7.14. The number of hydrogen-bond acceptors (Lipinski definition) is 4. The van der Waals surface area contributed by atoms with E-state index in [-0.39, 0.29) is 5.91 Å². The Morgan fingerprint density at radius 1 is 1.17 bits per heavy atom. The maximum absolute atomic E-state index is 12.3. The SMILES string of the molecule is CCc1sc(C(=O)O[C@@H](C)C(=O)Nc2ccc(C)cc2C)cc1C. The van der Waals surface area contributed by atoms with Gasteiger partial charge in [0, 0.05) is 10.6 Å². The molecular weight excluding hydrogens is 322 g/mol. The molecule has 1 atom stereocenters. The van der Waals surface area contributed by atoms with Gasteiger partial charge in [0.2, 0.25) is 0 Å². The Balaban J connectivity index is 2.01. The van der Waals surface area contributed by atoms with Crippen molar-refractivity contribution >= 4 is 28.9 Å². The number of carbonyl (C=O) groups is 2. The van der Waals surface area contributed by atoms with Gasteiger partial charge in [-0.1, -0.05) is 24.6 Å². The third kappa shape index (κ3) is 4.23. The van der Waals surface area contributed by atoms with Crippen molar-refractivity contribution < 1.29 is 14.3 Å². The van der Waals surface area contributed by atoms with Gasteiger partial charge in [-0.15, -0.1) is 11.3 Å². The fourth-order valence-electron chi connectivity index (χ4n) is 2.43. The quantitative estimate of drug-likeness (QED) is 0.816. The number of anilines is 1. The van der Waals surface area contributed by atoms with Crippen molar-refractivity contribution in [3.8, 4) is 0 Å². The molecule has 0 aliphatic rings. The van der Waals surface area contributed by atoms with E-state index in [9.17, 15) is 9.59 Å². The largest absolute Gasteiger partial charge is 0.448 e. The number of rotatable bonds is 5. The highest BCUT2D eigenvalue weighted by Gasteiger charge is 2.21. The van der Waals surface area contributed by atoms with Crippen molar-refractivity contribution in [1.29, 1.82) is 0 Å². The third-order valence-corrected chi connectivity index (χ3v) is 5.20. The predicted molar refractivity (Wildman–Crippen MR) is 97.9 cm³/mol. The predicted octanol–water partition coefficient (Wildman–Crippen LogP) is 4.42. The van der Waals surface area contributed by atoms with Crippen molar-refractivity contribution in [1.82, 2.24) is 0 Å². The molecule has 0 saturated carbocycles. The zero-order valence-electron chi connectivity index (χ0n) is 14.7. The summed E-state index contributed by atoms with van der Waals surface area (Å²) in [5.74, 6) is -0.787. The lowest BCUT2D eigenvalue weighted by Gasteiger charge is -2.14. The fourth-order valence-corrected chi connectivity index (χ4v) is 3.43. The average molecular weight is 345 g/mol. The average Bonchev–Trinajstić information content (AvgIpc) is 2.91. The summed E-state index contributed by atoms with van der Waals surface area (Å²) in [6.07, 6.45) is 0.0256. The molecule has 0 unspecified atom stereocenters. The van der Waals surface area contributed by atoms with Crippen LogP contribution in [0.4, 0.5) is 5.69 Å². The van der Waals surface area contributed by atoms with Crippen LogP contribution in [-0.4, -0.2) is 18.0 Å². The molecule has 4 nitrogen and oxygen atoms in total. The molecule has 5 heteroatoms. The Morgan fingerprint density at radius 2 is 1.88 bits per heavy atom. The van der Waals surface area contributed by atoms with E-state index in [0.717, 1.165) is 33.7 Å². The summed E-state index contributed by atoms with van der Waals surface area (Å²) < 4.78 is 5.31. The van der Waals surface area contributed by atoms with Crippen molar-refractivity contribution in [2.75, 3.05) is 5.32 Å². The summed E-state index contributed by atoms with van der Waals surface area (Å²) >= 11 is 1.42. The molecule has 0 aliphatic heterocycles. The minimum Gasteiger partial charge on any atom is -0.448 e. The van der Waals surface area contributed by atoms with E-state index in [0.29, 0.717) is 4.88 Å². The molecule has 2 aromatic rings. The minimum absolute atomic E-state index is 0.334. The molecule has 2 rings (SSSR count). The lowest BCUT2D eigenvalue weighted by Crippen LogP contribution is -2.30. The smallest absolute Gasteiger partial charge is 0.349 e. The molecule has 0 aliphatic carbocycles. The minimum atomic E-state index is -0.856. The van der Waals surface area contributed by atoms with Crippen LogP contribution in [0, 0.1) is 20.8 Å². The second-order valence-corrected chi connectivity index (χ2v) is 7.06. The van der Waals surface area contributed by atoms with E-state index < -0.39 is 12.1 Å². The van der Waals surface area contributed by atoms with Crippen LogP contribution in [0.2, 0.25) is 0 Å². The normalized spacial score (nSPS) is 11.9. The van der Waals surface area contributed by atoms with E-state index >= 15 is 0 Å². The van der Waals surface area contributed by atoms with Gasteiger partial charge in [-0.2, -0.15) is 0 Å². The van der Waals surface area contributed by atoms with Gasteiger partial charge in [-0.25, -0.2) is 4.79 Å². The number of esters is 1. The molecule has 1 aromatic heterocycles. The molecule has 1 amide bonds. The number of hydrogen-bond donors (Lipinski definition) is 1. The zero-order valence-corrected chi connectivity index (χ0v) is 15.5. The van der Waals surface area contributed by atoms with Crippen LogP contribution in [-0.2, 0) is 16.0 Å². The van der Waals surface area contributed by atoms with Gasteiger partial charge >= 0.3 is 5.97 Å². The first-order valence-electron chi connectivity index (χ1n) is 8.00. The first-order valence-corrected chi connectivity index (χ1v) is 8.81. The summed E-state index contributed by atoms with van der Waals surface area (Å²) in [5.41, 5.74) is 3.92. The molecule has 0 spiro atoms. The molecule has 0 fully saturated rings. The highest BCUT2D eigenvalue weighted by atomic mass is 32.1. The summed E-state index contributed by atoms with van der Waals surface area (Å²) in [6, 6.07) is 7.60. The maximum Gasteiger partial charge on any atom is 0.349 e. The van der Waals surface area contributed by atoms with E-state index in [2.05, 4.69) is 5.32 Å². The van der Waals surface area contributed by atoms with Crippen molar-refractivity contribution in [2.45, 2.75) is 47.1 Å². The lowest BCUT2D eigenvalue weighted by atomic mass is 10.1. The van der Waals surface area contributed by atoms with Crippen LogP contribution in [0.15, 0.2) is 24.3 Å². The molecular formula is C19H23NO3S. The van der Waals surface area contributed by atoms with Crippen molar-refractivity contribution in [3.63, 3.8) is 0 Å². The van der Waals surface area contributed by atoms with Gasteiger partial charge in [-0.3, -0.25) is 4.79 Å². The van der Waals surface area contributed by atoms with Crippen LogP contribution in [0.5, 0.6) is 0 Å². The zero-order chi connectivity index (χ0) is 17.9. The molecule has 1 heterocycles. The maximum atomic E-state index is 12.3. The number of thiophene rings is 1. The lowest BCUT2D eigenvalue weighted by molar-refractivity contribution is -0.123. The van der Waals surface area contributed by atoms with Crippen LogP contribution in [0.1, 0.15) is 45.1 Å². The van der Waals surface area contributed by atoms with Gasteiger partial charge in [0.1, 0.15) is 4.88 Å².